The fourth-order valence-corrected chi connectivity index (χ4v) is 3.18. The topological polar surface area (TPSA) is 29.5 Å². The van der Waals surface area contributed by atoms with E-state index in [2.05, 4.69) is 0 Å². The zero-order chi connectivity index (χ0) is 14.2. The molecule has 1 fully saturated rings. The number of para-hydroxylation sites is 2. The number of ether oxygens (including phenoxy) is 1. The summed E-state index contributed by atoms with van der Waals surface area (Å²) in [5.41, 5.74) is -0.888. The average molecular weight is 281 g/mol. The number of carbonyl (C=O) groups excluding carboxylic acids is 1. The maximum Gasteiger partial charge on any atom is 0.252 e. The van der Waals surface area contributed by atoms with Gasteiger partial charge in [0, 0.05) is 0 Å². The van der Waals surface area contributed by atoms with Crippen LogP contribution >= 0.6 is 0 Å². The molecular weight excluding hydrogens is 264 g/mol. The van der Waals surface area contributed by atoms with Gasteiger partial charge in [0.05, 0.1) is 12.2 Å². The van der Waals surface area contributed by atoms with Crippen molar-refractivity contribution in [1.29, 1.82) is 0 Å². The number of hydrogen-bond acceptors (Lipinski definition) is 2. The Morgan fingerprint density at radius 2 is 1.95 bits per heavy atom. The molecule has 1 saturated carbocycles. The highest BCUT2D eigenvalue weighted by Gasteiger charge is 2.51. The van der Waals surface area contributed by atoms with Crippen LogP contribution in [0.2, 0.25) is 0 Å². The van der Waals surface area contributed by atoms with Crippen molar-refractivity contribution in [2.24, 2.45) is 5.41 Å². The van der Waals surface area contributed by atoms with Gasteiger partial charge >= 0.3 is 0 Å². The second-order valence-corrected chi connectivity index (χ2v) is 5.44. The third kappa shape index (κ3) is 1.96. The first-order valence-corrected chi connectivity index (χ1v) is 6.97. The Labute approximate surface area is 116 Å². The van der Waals surface area contributed by atoms with Gasteiger partial charge in [-0.15, -0.1) is 0 Å². The summed E-state index contributed by atoms with van der Waals surface area (Å²) in [7, 11) is 0. The van der Waals surface area contributed by atoms with E-state index in [1.165, 1.54) is 4.90 Å². The first kappa shape index (κ1) is 13.3. The second-order valence-electron chi connectivity index (χ2n) is 5.44. The molecule has 1 aliphatic heterocycles. The lowest BCUT2D eigenvalue weighted by Gasteiger charge is -2.36. The lowest BCUT2D eigenvalue weighted by Crippen LogP contribution is -2.49. The summed E-state index contributed by atoms with van der Waals surface area (Å²) < 4.78 is 32.5. The van der Waals surface area contributed by atoms with Crippen LogP contribution in [0, 0.1) is 5.41 Å². The first-order valence-electron chi connectivity index (χ1n) is 6.97. The molecule has 5 heteroatoms. The van der Waals surface area contributed by atoms with E-state index in [0.29, 0.717) is 37.4 Å². The van der Waals surface area contributed by atoms with Gasteiger partial charge in [0.15, 0.2) is 0 Å². The van der Waals surface area contributed by atoms with Gasteiger partial charge in [-0.2, -0.15) is 0 Å². The molecule has 1 heterocycles. The van der Waals surface area contributed by atoms with Crippen LogP contribution in [0.4, 0.5) is 14.5 Å². The van der Waals surface area contributed by atoms with E-state index in [1.54, 1.807) is 18.2 Å². The minimum absolute atomic E-state index is 0.281. The third-order valence-corrected chi connectivity index (χ3v) is 4.31. The molecule has 0 spiro atoms. The molecular formula is C15H17F2NO2. The van der Waals surface area contributed by atoms with E-state index in [-0.39, 0.29) is 12.8 Å². The fraction of sp³-hybridized carbons (Fsp3) is 0.533. The molecule has 1 aromatic carbocycles. The summed E-state index contributed by atoms with van der Waals surface area (Å²) in [4.78, 5) is 14.2. The molecule has 3 rings (SSSR count). The van der Waals surface area contributed by atoms with Gasteiger partial charge < -0.3 is 9.64 Å². The van der Waals surface area contributed by atoms with Crippen molar-refractivity contribution in [3.63, 3.8) is 0 Å². The van der Waals surface area contributed by atoms with Crippen LogP contribution in [-0.2, 0) is 4.79 Å². The van der Waals surface area contributed by atoms with Crippen LogP contribution in [0.15, 0.2) is 24.3 Å². The minimum Gasteiger partial charge on any atom is -0.490 e. The second kappa shape index (κ2) is 5.04. The minimum atomic E-state index is -2.60. The van der Waals surface area contributed by atoms with Gasteiger partial charge in [0.25, 0.3) is 6.43 Å². The van der Waals surface area contributed by atoms with Crippen molar-refractivity contribution in [3.05, 3.63) is 24.3 Å². The summed E-state index contributed by atoms with van der Waals surface area (Å²) in [6, 6.07) is 7.11. The van der Waals surface area contributed by atoms with E-state index < -0.39 is 17.7 Å². The first-order chi connectivity index (χ1) is 9.65. The molecule has 0 radical (unpaired) electrons. The van der Waals surface area contributed by atoms with Crippen LogP contribution in [-0.4, -0.2) is 25.5 Å². The van der Waals surface area contributed by atoms with Crippen molar-refractivity contribution in [2.45, 2.75) is 32.1 Å². The molecule has 20 heavy (non-hydrogen) atoms. The van der Waals surface area contributed by atoms with Crippen LogP contribution in [0.25, 0.3) is 0 Å². The molecule has 0 atom stereocenters. The summed E-state index contributed by atoms with van der Waals surface area (Å²) in [6.45, 7) is 0.687. The number of alkyl halides is 2. The smallest absolute Gasteiger partial charge is 0.252 e. The number of halogens is 2. The Hall–Kier alpha value is -1.65. The summed E-state index contributed by atoms with van der Waals surface area (Å²) >= 11 is 0. The Bertz CT molecular complexity index is 512. The zero-order valence-corrected chi connectivity index (χ0v) is 11.1. The molecule has 2 aliphatic rings. The number of benzene rings is 1. The predicted molar refractivity (Wildman–Crippen MR) is 71.2 cm³/mol. The van der Waals surface area contributed by atoms with Crippen molar-refractivity contribution < 1.29 is 18.3 Å². The molecule has 0 aromatic heterocycles. The van der Waals surface area contributed by atoms with E-state index in [9.17, 15) is 13.6 Å². The molecule has 0 saturated heterocycles. The summed E-state index contributed by atoms with van der Waals surface area (Å²) in [5.74, 6) is 0.148. The molecule has 1 amide bonds. The van der Waals surface area contributed by atoms with Crippen LogP contribution in [0.3, 0.4) is 0 Å². The van der Waals surface area contributed by atoms with E-state index in [4.69, 9.17) is 4.74 Å². The normalized spacial score (nSPS) is 20.6. The molecule has 1 aromatic rings. The van der Waals surface area contributed by atoms with Crippen molar-refractivity contribution in [3.8, 4) is 5.75 Å². The lowest BCUT2D eigenvalue weighted by molar-refractivity contribution is -0.137. The summed E-state index contributed by atoms with van der Waals surface area (Å²) in [6.07, 6.45) is -0.650. The van der Waals surface area contributed by atoms with Crippen LogP contribution < -0.4 is 9.64 Å². The highest BCUT2D eigenvalue weighted by atomic mass is 19.3. The summed E-state index contributed by atoms with van der Waals surface area (Å²) in [5, 5.41) is 0. The zero-order valence-electron chi connectivity index (χ0n) is 11.1. The van der Waals surface area contributed by atoms with Gasteiger partial charge in [0.2, 0.25) is 5.91 Å². The molecule has 3 nitrogen and oxygen atoms in total. The number of carbonyl (C=O) groups is 1. The van der Waals surface area contributed by atoms with Crippen molar-refractivity contribution >= 4 is 11.6 Å². The predicted octanol–water partition coefficient (Wildman–Crippen LogP) is 3.24. The van der Waals surface area contributed by atoms with E-state index >= 15 is 0 Å². The number of anilines is 1. The van der Waals surface area contributed by atoms with Crippen molar-refractivity contribution in [1.82, 2.24) is 0 Å². The maximum absolute atomic E-state index is 13.5. The van der Waals surface area contributed by atoms with Gasteiger partial charge in [-0.25, -0.2) is 8.78 Å². The van der Waals surface area contributed by atoms with Gasteiger partial charge in [-0.3, -0.25) is 4.79 Å². The molecule has 0 unspecified atom stereocenters. The third-order valence-electron chi connectivity index (χ3n) is 4.31. The number of amides is 1. The number of fused-ring (bicyclic) bond motifs is 1. The largest absolute Gasteiger partial charge is 0.490 e. The average Bonchev–Trinajstić information content (AvgIpc) is 2.97. The Morgan fingerprint density at radius 1 is 1.25 bits per heavy atom. The van der Waals surface area contributed by atoms with Crippen LogP contribution in [0.5, 0.6) is 5.75 Å². The van der Waals surface area contributed by atoms with Crippen molar-refractivity contribution in [2.75, 3.05) is 18.1 Å². The van der Waals surface area contributed by atoms with E-state index in [0.717, 1.165) is 0 Å². The van der Waals surface area contributed by atoms with Gasteiger partial charge in [-0.05, 0) is 25.0 Å². The van der Waals surface area contributed by atoms with Crippen LogP contribution in [0.1, 0.15) is 25.7 Å². The Kier molecular flexibility index (Phi) is 3.36. The fourth-order valence-electron chi connectivity index (χ4n) is 3.18. The Morgan fingerprint density at radius 3 is 2.65 bits per heavy atom. The highest BCUT2D eigenvalue weighted by Crippen LogP contribution is 2.46. The number of rotatable bonds is 2. The lowest BCUT2D eigenvalue weighted by atomic mass is 9.84. The van der Waals surface area contributed by atoms with Gasteiger partial charge in [-0.1, -0.05) is 25.0 Å². The maximum atomic E-state index is 13.5. The highest BCUT2D eigenvalue weighted by molar-refractivity contribution is 5.99. The van der Waals surface area contributed by atoms with Gasteiger partial charge in [0.1, 0.15) is 17.8 Å². The number of hydrogen-bond donors (Lipinski definition) is 0. The molecule has 0 N–H and O–H groups in total. The quantitative estimate of drug-likeness (QED) is 0.833. The monoisotopic (exact) mass is 281 g/mol. The standard InChI is InChI=1S/C15H17F2NO2/c16-13(17)15(7-3-4-8-15)14(19)18-9-10-20-12-6-2-1-5-11(12)18/h1-2,5-6,13H,3-4,7-10H2. The van der Waals surface area contributed by atoms with E-state index in [1.807, 2.05) is 6.07 Å². The Balaban J connectivity index is 1.95. The molecule has 0 bridgehead atoms. The molecule has 108 valence electrons. The number of nitrogens with zero attached hydrogens (tertiary/aromatic N) is 1. The molecule has 1 aliphatic carbocycles. The SMILES string of the molecule is O=C(N1CCOc2ccccc21)C1(C(F)F)CCCC1.